The quantitative estimate of drug-likeness (QED) is 0.271. The average Bonchev–Trinajstić information content (AvgIpc) is 3.34. The van der Waals surface area contributed by atoms with Gasteiger partial charge in [-0.25, -0.2) is 0 Å². The maximum Gasteiger partial charge on any atom is 0.255 e. The molecule has 40 heavy (non-hydrogen) atoms. The Morgan fingerprint density at radius 1 is 1.00 bits per heavy atom. The number of rotatable bonds is 7. The molecule has 1 aliphatic rings. The van der Waals surface area contributed by atoms with E-state index in [-0.39, 0.29) is 30.1 Å². The molecular formula is C31H34ClN5O3. The number of anilines is 1. The van der Waals surface area contributed by atoms with Crippen molar-refractivity contribution in [3.8, 4) is 0 Å². The fraction of sp³-hybridized carbons (Fsp3) is 0.258. The highest BCUT2D eigenvalue weighted by Gasteiger charge is 2.32. The fourth-order valence-electron chi connectivity index (χ4n) is 4.89. The molecule has 3 amide bonds. The van der Waals surface area contributed by atoms with Crippen LogP contribution >= 0.6 is 12.4 Å². The number of benzene rings is 3. The Morgan fingerprint density at radius 3 is 2.48 bits per heavy atom. The molecule has 0 saturated heterocycles. The summed E-state index contributed by atoms with van der Waals surface area (Å²) < 4.78 is 0. The van der Waals surface area contributed by atoms with Crippen LogP contribution in [-0.2, 0) is 29.0 Å². The summed E-state index contributed by atoms with van der Waals surface area (Å²) in [5, 5.41) is 6.84. The van der Waals surface area contributed by atoms with Crippen LogP contribution in [0.1, 0.15) is 40.9 Å². The molecule has 2 heterocycles. The van der Waals surface area contributed by atoms with E-state index in [9.17, 15) is 14.4 Å². The molecule has 3 aromatic carbocycles. The molecule has 0 fully saturated rings. The second kappa shape index (κ2) is 11.9. The minimum absolute atomic E-state index is 0. The monoisotopic (exact) mass is 559 g/mol. The van der Waals surface area contributed by atoms with Gasteiger partial charge in [0.25, 0.3) is 5.91 Å². The molecule has 0 saturated carbocycles. The van der Waals surface area contributed by atoms with Gasteiger partial charge in [-0.2, -0.15) is 0 Å². The number of carbonyl (C=O) groups is 3. The zero-order valence-corrected chi connectivity index (χ0v) is 23.4. The van der Waals surface area contributed by atoms with Crippen molar-refractivity contribution < 1.29 is 14.4 Å². The van der Waals surface area contributed by atoms with Gasteiger partial charge in [0, 0.05) is 47.9 Å². The number of amides is 3. The summed E-state index contributed by atoms with van der Waals surface area (Å²) in [7, 11) is 0. The molecule has 0 spiro atoms. The van der Waals surface area contributed by atoms with Crippen LogP contribution in [0.25, 0.3) is 10.9 Å². The Kier molecular flexibility index (Phi) is 8.61. The number of halogens is 1. The molecule has 0 radical (unpaired) electrons. The lowest BCUT2D eigenvalue weighted by molar-refractivity contribution is -0.138. The number of nitrogens with one attached hydrogen (secondary N) is 3. The van der Waals surface area contributed by atoms with Crippen molar-refractivity contribution >= 4 is 46.7 Å². The predicted octanol–water partition coefficient (Wildman–Crippen LogP) is 4.19. The van der Waals surface area contributed by atoms with Crippen molar-refractivity contribution in [2.45, 2.75) is 44.8 Å². The van der Waals surface area contributed by atoms with E-state index in [1.807, 2.05) is 72.9 Å². The van der Waals surface area contributed by atoms with Gasteiger partial charge in [0.2, 0.25) is 11.8 Å². The normalized spacial score (nSPS) is 13.6. The summed E-state index contributed by atoms with van der Waals surface area (Å²) in [6.07, 6.45) is 2.84. The van der Waals surface area contributed by atoms with Crippen LogP contribution < -0.4 is 16.4 Å². The lowest BCUT2D eigenvalue weighted by Crippen LogP contribution is -2.57. The van der Waals surface area contributed by atoms with Crippen LogP contribution in [0.4, 0.5) is 5.69 Å². The van der Waals surface area contributed by atoms with Crippen LogP contribution in [0.3, 0.4) is 0 Å². The van der Waals surface area contributed by atoms with E-state index in [4.69, 9.17) is 5.73 Å². The first-order valence-corrected chi connectivity index (χ1v) is 13.1. The first-order valence-electron chi connectivity index (χ1n) is 13.1. The largest absolute Gasteiger partial charge is 0.361 e. The molecule has 1 atom stereocenters. The van der Waals surface area contributed by atoms with Crippen LogP contribution in [0.15, 0.2) is 79.0 Å². The number of aromatic amines is 1. The number of hydrogen-bond acceptors (Lipinski definition) is 4. The number of para-hydroxylation sites is 2. The van der Waals surface area contributed by atoms with Crippen molar-refractivity contribution in [1.82, 2.24) is 15.2 Å². The van der Waals surface area contributed by atoms with Crippen LogP contribution in [0, 0.1) is 0 Å². The SMILES string of the molecule is CC(C)(N)C(=O)NC(Cc1c[nH]c2ccccc12)C(=O)N1CCc2cc(C(=O)Nc3ccccc3)ccc2C1.Cl. The summed E-state index contributed by atoms with van der Waals surface area (Å²) in [6.45, 7) is 4.14. The lowest BCUT2D eigenvalue weighted by atomic mass is 9.95. The third kappa shape index (κ3) is 6.35. The molecule has 0 aliphatic carbocycles. The van der Waals surface area contributed by atoms with Gasteiger partial charge in [0.1, 0.15) is 6.04 Å². The number of nitrogens with two attached hydrogens (primary N) is 1. The Hall–Kier alpha value is -4.14. The minimum Gasteiger partial charge on any atom is -0.361 e. The van der Waals surface area contributed by atoms with E-state index in [1.165, 1.54) is 0 Å². The van der Waals surface area contributed by atoms with Crippen molar-refractivity contribution in [2.24, 2.45) is 5.73 Å². The van der Waals surface area contributed by atoms with Crippen molar-refractivity contribution in [2.75, 3.05) is 11.9 Å². The first kappa shape index (κ1) is 28.9. The van der Waals surface area contributed by atoms with Crippen LogP contribution in [0.2, 0.25) is 0 Å². The van der Waals surface area contributed by atoms with Gasteiger partial charge in [-0.1, -0.05) is 42.5 Å². The van der Waals surface area contributed by atoms with Crippen molar-refractivity contribution in [3.05, 3.63) is 101 Å². The predicted molar refractivity (Wildman–Crippen MR) is 159 cm³/mol. The highest BCUT2D eigenvalue weighted by atomic mass is 35.5. The molecule has 1 unspecified atom stereocenters. The minimum atomic E-state index is -1.12. The Bertz CT molecular complexity index is 1530. The van der Waals surface area contributed by atoms with Crippen LogP contribution in [0.5, 0.6) is 0 Å². The zero-order valence-electron chi connectivity index (χ0n) is 22.6. The Labute approximate surface area is 239 Å². The maximum atomic E-state index is 13.8. The number of fused-ring (bicyclic) bond motifs is 2. The molecule has 1 aliphatic heterocycles. The van der Waals surface area contributed by atoms with Gasteiger partial charge in [-0.05, 0) is 67.3 Å². The van der Waals surface area contributed by atoms with Gasteiger partial charge >= 0.3 is 0 Å². The lowest BCUT2D eigenvalue weighted by Gasteiger charge is -2.33. The van der Waals surface area contributed by atoms with Crippen molar-refractivity contribution in [1.29, 1.82) is 0 Å². The molecule has 1 aromatic heterocycles. The first-order chi connectivity index (χ1) is 18.7. The van der Waals surface area contributed by atoms with Gasteiger partial charge in [-0.3, -0.25) is 14.4 Å². The molecule has 4 aromatic rings. The van der Waals surface area contributed by atoms with Gasteiger partial charge < -0.3 is 26.3 Å². The van der Waals surface area contributed by atoms with Gasteiger partial charge in [0.05, 0.1) is 5.54 Å². The van der Waals surface area contributed by atoms with E-state index in [2.05, 4.69) is 15.6 Å². The third-order valence-corrected chi connectivity index (χ3v) is 7.11. The molecule has 0 bridgehead atoms. The second-order valence-electron chi connectivity index (χ2n) is 10.6. The average molecular weight is 560 g/mol. The fourth-order valence-corrected chi connectivity index (χ4v) is 4.89. The summed E-state index contributed by atoms with van der Waals surface area (Å²) in [5.74, 6) is -0.713. The molecule has 5 rings (SSSR count). The van der Waals surface area contributed by atoms with Crippen LogP contribution in [-0.4, -0.2) is 45.7 Å². The van der Waals surface area contributed by atoms with E-state index in [1.54, 1.807) is 24.8 Å². The van der Waals surface area contributed by atoms with E-state index in [0.717, 1.165) is 33.3 Å². The molecule has 5 N–H and O–H groups in total. The standard InChI is InChI=1S/C31H33N5O3.ClH/c1-31(2,32)30(39)35-27(17-23-18-33-26-11-7-6-10-25(23)26)29(38)36-15-14-20-16-21(12-13-22(20)19-36)28(37)34-24-8-4-3-5-9-24;/h3-13,16,18,27,33H,14-15,17,19,32H2,1-2H3,(H,34,37)(H,35,39);1H. The number of hydrogen-bond donors (Lipinski definition) is 4. The molecule has 9 heteroatoms. The highest BCUT2D eigenvalue weighted by molar-refractivity contribution is 6.04. The van der Waals surface area contributed by atoms with Gasteiger partial charge in [-0.15, -0.1) is 12.4 Å². The maximum absolute atomic E-state index is 13.8. The summed E-state index contributed by atoms with van der Waals surface area (Å²) in [5.41, 5.74) is 10.2. The van der Waals surface area contributed by atoms with Gasteiger partial charge in [0.15, 0.2) is 0 Å². The van der Waals surface area contributed by atoms with E-state index >= 15 is 0 Å². The van der Waals surface area contributed by atoms with E-state index < -0.39 is 11.6 Å². The molecule has 208 valence electrons. The Balaban J connectivity index is 0.00000370. The summed E-state index contributed by atoms with van der Waals surface area (Å²) >= 11 is 0. The zero-order chi connectivity index (χ0) is 27.6. The molecular weight excluding hydrogens is 526 g/mol. The van der Waals surface area contributed by atoms with Crippen molar-refractivity contribution in [3.63, 3.8) is 0 Å². The smallest absolute Gasteiger partial charge is 0.255 e. The number of carbonyl (C=O) groups excluding carboxylic acids is 3. The summed E-state index contributed by atoms with van der Waals surface area (Å²) in [4.78, 5) is 44.4. The number of H-pyrrole nitrogens is 1. The highest BCUT2D eigenvalue weighted by Crippen LogP contribution is 2.24. The Morgan fingerprint density at radius 2 is 1.73 bits per heavy atom. The molecule has 8 nitrogen and oxygen atoms in total. The number of nitrogens with zero attached hydrogens (tertiary/aromatic N) is 1. The number of aromatic nitrogens is 1. The third-order valence-electron chi connectivity index (χ3n) is 7.11. The van der Waals surface area contributed by atoms with E-state index in [0.29, 0.717) is 31.5 Å². The second-order valence-corrected chi connectivity index (χ2v) is 10.6. The topological polar surface area (TPSA) is 120 Å². The summed E-state index contributed by atoms with van der Waals surface area (Å²) in [6, 6.07) is 22.0.